The first-order valence-electron chi connectivity index (χ1n) is 5.43. The molecule has 0 fully saturated rings. The second-order valence-corrected chi connectivity index (χ2v) is 4.27. The molecule has 0 radical (unpaired) electrons. The van der Waals surface area contributed by atoms with Crippen LogP contribution in [0.1, 0.15) is 32.3 Å². The van der Waals surface area contributed by atoms with Crippen LogP contribution < -0.4 is 5.32 Å². The second-order valence-electron chi connectivity index (χ2n) is 4.27. The normalized spacial score (nSPS) is 14.7. The van der Waals surface area contributed by atoms with Crippen LogP contribution in [0.25, 0.3) is 0 Å². The van der Waals surface area contributed by atoms with Crippen LogP contribution in [0.15, 0.2) is 18.3 Å². The van der Waals surface area contributed by atoms with Crippen LogP contribution in [0, 0.1) is 6.92 Å². The molecule has 0 bridgehead atoms. The zero-order valence-electron chi connectivity index (χ0n) is 9.75. The molecule has 0 aromatic carbocycles. The van der Waals surface area contributed by atoms with Crippen molar-refractivity contribution < 1.29 is 5.11 Å². The summed E-state index contributed by atoms with van der Waals surface area (Å²) in [5.41, 5.74) is 0.448. The summed E-state index contributed by atoms with van der Waals surface area (Å²) in [6, 6.07) is 3.91. The summed E-state index contributed by atoms with van der Waals surface area (Å²) in [4.78, 5) is 4.22. The SMILES string of the molecule is CCCC(C)(O)CNc1ncccc1C. The van der Waals surface area contributed by atoms with Crippen molar-refractivity contribution in [2.75, 3.05) is 11.9 Å². The van der Waals surface area contributed by atoms with Crippen LogP contribution in [0.2, 0.25) is 0 Å². The van der Waals surface area contributed by atoms with Crippen molar-refractivity contribution in [1.29, 1.82) is 0 Å². The molecular formula is C12H20N2O. The number of anilines is 1. The highest BCUT2D eigenvalue weighted by atomic mass is 16.3. The van der Waals surface area contributed by atoms with Gasteiger partial charge in [0.05, 0.1) is 5.60 Å². The summed E-state index contributed by atoms with van der Waals surface area (Å²) in [5, 5.41) is 13.2. The molecule has 0 saturated carbocycles. The molecule has 1 heterocycles. The van der Waals surface area contributed by atoms with E-state index in [9.17, 15) is 5.11 Å². The van der Waals surface area contributed by atoms with E-state index in [1.807, 2.05) is 26.0 Å². The van der Waals surface area contributed by atoms with E-state index in [0.29, 0.717) is 6.54 Å². The lowest BCUT2D eigenvalue weighted by molar-refractivity contribution is 0.0636. The van der Waals surface area contributed by atoms with Crippen molar-refractivity contribution >= 4 is 5.82 Å². The number of nitrogens with zero attached hydrogens (tertiary/aromatic N) is 1. The molecule has 84 valence electrons. The number of pyridine rings is 1. The van der Waals surface area contributed by atoms with Crippen LogP contribution in [-0.4, -0.2) is 22.2 Å². The summed E-state index contributed by atoms with van der Waals surface area (Å²) in [6.45, 7) is 6.46. The maximum Gasteiger partial charge on any atom is 0.128 e. The lowest BCUT2D eigenvalue weighted by Gasteiger charge is -2.23. The summed E-state index contributed by atoms with van der Waals surface area (Å²) >= 11 is 0. The van der Waals surface area contributed by atoms with E-state index in [4.69, 9.17) is 0 Å². The van der Waals surface area contributed by atoms with Gasteiger partial charge >= 0.3 is 0 Å². The van der Waals surface area contributed by atoms with E-state index >= 15 is 0 Å². The highest BCUT2D eigenvalue weighted by Gasteiger charge is 2.18. The Balaban J connectivity index is 2.53. The Hall–Kier alpha value is -1.09. The van der Waals surface area contributed by atoms with Crippen LogP contribution in [-0.2, 0) is 0 Å². The second kappa shape index (κ2) is 5.12. The third-order valence-corrected chi connectivity index (χ3v) is 2.43. The first-order valence-corrected chi connectivity index (χ1v) is 5.43. The minimum Gasteiger partial charge on any atom is -0.388 e. The van der Waals surface area contributed by atoms with Gasteiger partial charge in [0.2, 0.25) is 0 Å². The highest BCUT2D eigenvalue weighted by molar-refractivity contribution is 5.42. The van der Waals surface area contributed by atoms with E-state index in [2.05, 4.69) is 17.2 Å². The smallest absolute Gasteiger partial charge is 0.128 e. The molecule has 1 unspecified atom stereocenters. The Morgan fingerprint density at radius 3 is 2.87 bits per heavy atom. The van der Waals surface area contributed by atoms with Crippen LogP contribution in [0.3, 0.4) is 0 Å². The molecule has 15 heavy (non-hydrogen) atoms. The Morgan fingerprint density at radius 1 is 1.53 bits per heavy atom. The summed E-state index contributed by atoms with van der Waals surface area (Å²) < 4.78 is 0. The molecule has 0 saturated heterocycles. The van der Waals surface area contributed by atoms with Gasteiger partial charge in [-0.3, -0.25) is 0 Å². The predicted octanol–water partition coefficient (Wildman–Crippen LogP) is 2.35. The largest absolute Gasteiger partial charge is 0.388 e. The van der Waals surface area contributed by atoms with Crippen molar-refractivity contribution in [1.82, 2.24) is 4.98 Å². The minimum absolute atomic E-state index is 0.540. The summed E-state index contributed by atoms with van der Waals surface area (Å²) in [6.07, 6.45) is 3.53. The van der Waals surface area contributed by atoms with Gasteiger partial charge < -0.3 is 10.4 Å². The molecule has 0 amide bonds. The van der Waals surface area contributed by atoms with E-state index in [1.165, 1.54) is 0 Å². The fraction of sp³-hybridized carbons (Fsp3) is 0.583. The third kappa shape index (κ3) is 3.88. The molecule has 0 aliphatic heterocycles. The number of nitrogens with one attached hydrogen (secondary N) is 1. The molecule has 1 rings (SSSR count). The fourth-order valence-corrected chi connectivity index (χ4v) is 1.57. The van der Waals surface area contributed by atoms with Gasteiger partial charge in [0.1, 0.15) is 5.82 Å². The van der Waals surface area contributed by atoms with Crippen LogP contribution in [0.5, 0.6) is 0 Å². The predicted molar refractivity (Wildman–Crippen MR) is 63.0 cm³/mol. The average molecular weight is 208 g/mol. The van der Waals surface area contributed by atoms with Crippen LogP contribution in [0.4, 0.5) is 5.82 Å². The van der Waals surface area contributed by atoms with Gasteiger partial charge in [-0.1, -0.05) is 19.4 Å². The molecule has 1 atom stereocenters. The monoisotopic (exact) mass is 208 g/mol. The van der Waals surface area contributed by atoms with Gasteiger partial charge in [-0.2, -0.15) is 0 Å². The highest BCUT2D eigenvalue weighted by Crippen LogP contribution is 2.15. The van der Waals surface area contributed by atoms with Gasteiger partial charge in [-0.05, 0) is 31.9 Å². The van der Waals surface area contributed by atoms with Crippen molar-refractivity contribution in [3.8, 4) is 0 Å². The average Bonchev–Trinajstić information content (AvgIpc) is 2.16. The molecule has 2 N–H and O–H groups in total. The van der Waals surface area contributed by atoms with E-state index in [1.54, 1.807) is 6.20 Å². The van der Waals surface area contributed by atoms with E-state index < -0.39 is 5.60 Å². The maximum absolute atomic E-state index is 9.98. The lowest BCUT2D eigenvalue weighted by atomic mass is 10.0. The number of aliphatic hydroxyl groups is 1. The number of rotatable bonds is 5. The van der Waals surface area contributed by atoms with Gasteiger partial charge in [0.25, 0.3) is 0 Å². The molecule has 0 aliphatic rings. The molecule has 0 spiro atoms. The van der Waals surface area contributed by atoms with Crippen LogP contribution >= 0.6 is 0 Å². The third-order valence-electron chi connectivity index (χ3n) is 2.43. The summed E-state index contributed by atoms with van der Waals surface area (Å²) in [7, 11) is 0. The van der Waals surface area contributed by atoms with E-state index in [-0.39, 0.29) is 0 Å². The topological polar surface area (TPSA) is 45.1 Å². The lowest BCUT2D eigenvalue weighted by Crippen LogP contribution is -2.33. The van der Waals surface area contributed by atoms with Crippen molar-refractivity contribution in [2.24, 2.45) is 0 Å². The molecule has 1 aromatic heterocycles. The molecule has 1 aromatic rings. The molecular weight excluding hydrogens is 188 g/mol. The van der Waals surface area contributed by atoms with E-state index in [0.717, 1.165) is 24.2 Å². The zero-order valence-corrected chi connectivity index (χ0v) is 9.75. The number of aryl methyl sites for hydroxylation is 1. The molecule has 3 heteroatoms. The minimum atomic E-state index is -0.654. The van der Waals surface area contributed by atoms with Crippen molar-refractivity contribution in [3.63, 3.8) is 0 Å². The Kier molecular flexibility index (Phi) is 4.09. The van der Waals surface area contributed by atoms with Gasteiger partial charge in [0.15, 0.2) is 0 Å². The Morgan fingerprint density at radius 2 is 2.27 bits per heavy atom. The number of hydrogen-bond donors (Lipinski definition) is 2. The number of hydrogen-bond acceptors (Lipinski definition) is 3. The first-order chi connectivity index (χ1) is 7.05. The fourth-order valence-electron chi connectivity index (χ4n) is 1.57. The quantitative estimate of drug-likeness (QED) is 0.780. The Labute approximate surface area is 91.5 Å². The maximum atomic E-state index is 9.98. The molecule has 0 aliphatic carbocycles. The first kappa shape index (κ1) is 12.0. The van der Waals surface area contributed by atoms with Gasteiger partial charge in [-0.15, -0.1) is 0 Å². The number of aromatic nitrogens is 1. The summed E-state index contributed by atoms with van der Waals surface area (Å²) in [5.74, 6) is 0.855. The Bertz CT molecular complexity index is 310. The van der Waals surface area contributed by atoms with Crippen molar-refractivity contribution in [3.05, 3.63) is 23.9 Å². The van der Waals surface area contributed by atoms with Gasteiger partial charge in [0, 0.05) is 12.7 Å². The van der Waals surface area contributed by atoms with Crippen molar-refractivity contribution in [2.45, 2.75) is 39.2 Å². The standard InChI is InChI=1S/C12H20N2O/c1-4-7-12(3,15)9-14-11-10(2)6-5-8-13-11/h5-6,8,15H,4,7,9H2,1-3H3,(H,13,14). The van der Waals surface area contributed by atoms with Gasteiger partial charge in [-0.25, -0.2) is 4.98 Å². The zero-order chi connectivity index (χ0) is 11.3. The molecule has 3 nitrogen and oxygen atoms in total.